The van der Waals surface area contributed by atoms with E-state index in [4.69, 9.17) is 5.11 Å². The van der Waals surface area contributed by atoms with Crippen LogP contribution in [0.2, 0.25) is 0 Å². The lowest BCUT2D eigenvalue weighted by Gasteiger charge is -2.20. The highest BCUT2D eigenvalue weighted by Crippen LogP contribution is 2.28. The molecule has 92 valence electrons. The van der Waals surface area contributed by atoms with Gasteiger partial charge in [0.2, 0.25) is 0 Å². The van der Waals surface area contributed by atoms with E-state index in [-0.39, 0.29) is 6.54 Å². The minimum Gasteiger partial charge on any atom is -0.480 e. The van der Waals surface area contributed by atoms with Crippen molar-refractivity contribution in [2.75, 3.05) is 6.54 Å². The van der Waals surface area contributed by atoms with Gasteiger partial charge in [0.1, 0.15) is 0 Å². The Bertz CT molecular complexity index is 424. The normalized spacial score (nSPS) is 15.2. The van der Waals surface area contributed by atoms with Crippen LogP contribution >= 0.6 is 0 Å². The van der Waals surface area contributed by atoms with Crippen molar-refractivity contribution in [3.8, 4) is 0 Å². The molecule has 1 aliphatic carbocycles. The molecule has 0 amide bonds. The second-order valence-electron chi connectivity index (χ2n) is 4.95. The first-order chi connectivity index (χ1) is 8.06. The lowest BCUT2D eigenvalue weighted by atomic mass is 10.1. The molecule has 0 heterocycles. The number of rotatable bonds is 5. The van der Waals surface area contributed by atoms with E-state index in [0.717, 1.165) is 19.4 Å². The Hall–Kier alpha value is -1.35. The van der Waals surface area contributed by atoms with E-state index in [1.807, 2.05) is 0 Å². The monoisotopic (exact) mass is 233 g/mol. The number of aryl methyl sites for hydroxylation is 2. The predicted octanol–water partition coefficient (Wildman–Crippen LogP) is 2.35. The van der Waals surface area contributed by atoms with Gasteiger partial charge in [-0.05, 0) is 43.4 Å². The number of carboxylic acids is 1. The largest absolute Gasteiger partial charge is 0.480 e. The van der Waals surface area contributed by atoms with Gasteiger partial charge in [-0.25, -0.2) is 0 Å². The van der Waals surface area contributed by atoms with Crippen molar-refractivity contribution in [1.82, 2.24) is 4.90 Å². The van der Waals surface area contributed by atoms with Crippen LogP contribution in [0.1, 0.15) is 29.5 Å². The van der Waals surface area contributed by atoms with Crippen LogP contribution in [0.3, 0.4) is 0 Å². The van der Waals surface area contributed by atoms with Crippen molar-refractivity contribution in [2.45, 2.75) is 39.3 Å². The summed E-state index contributed by atoms with van der Waals surface area (Å²) in [5.41, 5.74) is 3.76. The summed E-state index contributed by atoms with van der Waals surface area (Å²) in [6.45, 7) is 5.09. The number of aliphatic carboxylic acids is 1. The number of hydrogen-bond acceptors (Lipinski definition) is 2. The summed E-state index contributed by atoms with van der Waals surface area (Å²) in [4.78, 5) is 12.9. The Balaban J connectivity index is 2.06. The van der Waals surface area contributed by atoms with E-state index in [1.54, 1.807) is 0 Å². The van der Waals surface area contributed by atoms with Crippen LogP contribution in [-0.2, 0) is 11.3 Å². The highest BCUT2D eigenvalue weighted by atomic mass is 16.4. The Morgan fingerprint density at radius 2 is 2.06 bits per heavy atom. The van der Waals surface area contributed by atoms with Gasteiger partial charge >= 0.3 is 5.97 Å². The molecule has 3 heteroatoms. The molecule has 0 radical (unpaired) electrons. The van der Waals surface area contributed by atoms with Gasteiger partial charge in [0, 0.05) is 12.6 Å². The average Bonchev–Trinajstić information content (AvgIpc) is 3.05. The Kier molecular flexibility index (Phi) is 3.48. The van der Waals surface area contributed by atoms with Crippen LogP contribution in [0.25, 0.3) is 0 Å². The molecule has 0 saturated heterocycles. The van der Waals surface area contributed by atoms with Crippen molar-refractivity contribution in [1.29, 1.82) is 0 Å². The first-order valence-corrected chi connectivity index (χ1v) is 6.08. The van der Waals surface area contributed by atoms with Crippen LogP contribution < -0.4 is 0 Å². The van der Waals surface area contributed by atoms with Crippen molar-refractivity contribution >= 4 is 5.97 Å². The highest BCUT2D eigenvalue weighted by molar-refractivity contribution is 5.69. The standard InChI is InChI=1S/C14H19NO2/c1-10-3-4-12(7-11(10)2)8-15(9-14(16)17)13-5-6-13/h3-4,7,13H,5-6,8-9H2,1-2H3,(H,16,17). The number of nitrogens with zero attached hydrogens (tertiary/aromatic N) is 1. The summed E-state index contributed by atoms with van der Waals surface area (Å²) in [6, 6.07) is 6.84. The molecule has 0 aromatic heterocycles. The molecule has 17 heavy (non-hydrogen) atoms. The van der Waals surface area contributed by atoms with Crippen LogP contribution in [-0.4, -0.2) is 28.6 Å². The van der Waals surface area contributed by atoms with Gasteiger partial charge in [-0.1, -0.05) is 18.2 Å². The first kappa shape index (κ1) is 12.1. The molecule has 1 aromatic carbocycles. The van der Waals surface area contributed by atoms with Gasteiger partial charge in [0.05, 0.1) is 6.54 Å². The zero-order chi connectivity index (χ0) is 12.4. The quantitative estimate of drug-likeness (QED) is 0.848. The van der Waals surface area contributed by atoms with Gasteiger partial charge in [0.25, 0.3) is 0 Å². The number of carbonyl (C=O) groups is 1. The molecule has 1 N–H and O–H groups in total. The van der Waals surface area contributed by atoms with Crippen molar-refractivity contribution in [3.05, 3.63) is 34.9 Å². The molecule has 1 aromatic rings. The minimum absolute atomic E-state index is 0.150. The molecule has 3 nitrogen and oxygen atoms in total. The number of carboxylic acid groups (broad SMARTS) is 1. The maximum absolute atomic E-state index is 10.8. The maximum Gasteiger partial charge on any atom is 0.317 e. The zero-order valence-electron chi connectivity index (χ0n) is 10.4. The van der Waals surface area contributed by atoms with Gasteiger partial charge in [-0.3, -0.25) is 9.69 Å². The van der Waals surface area contributed by atoms with Crippen molar-refractivity contribution < 1.29 is 9.90 Å². The third kappa shape index (κ3) is 3.30. The third-order valence-electron chi connectivity index (χ3n) is 3.36. The van der Waals surface area contributed by atoms with Crippen molar-refractivity contribution in [2.24, 2.45) is 0 Å². The Morgan fingerprint density at radius 3 is 2.59 bits per heavy atom. The number of benzene rings is 1. The SMILES string of the molecule is Cc1ccc(CN(CC(=O)O)C2CC2)cc1C. The number of hydrogen-bond donors (Lipinski definition) is 1. The molecule has 0 aliphatic heterocycles. The highest BCUT2D eigenvalue weighted by Gasteiger charge is 2.30. The summed E-state index contributed by atoms with van der Waals surface area (Å²) in [5.74, 6) is -0.735. The van der Waals surface area contributed by atoms with E-state index in [0.29, 0.717) is 6.04 Å². The second-order valence-corrected chi connectivity index (χ2v) is 4.95. The molecule has 0 bridgehead atoms. The molecule has 0 unspecified atom stereocenters. The third-order valence-corrected chi connectivity index (χ3v) is 3.36. The molecule has 0 spiro atoms. The van der Waals surface area contributed by atoms with E-state index in [9.17, 15) is 4.79 Å². The average molecular weight is 233 g/mol. The van der Waals surface area contributed by atoms with Gasteiger partial charge in [-0.2, -0.15) is 0 Å². The first-order valence-electron chi connectivity index (χ1n) is 6.08. The molecular formula is C14H19NO2. The fraction of sp³-hybridized carbons (Fsp3) is 0.500. The summed E-state index contributed by atoms with van der Waals surface area (Å²) in [6.07, 6.45) is 2.27. The smallest absolute Gasteiger partial charge is 0.317 e. The lowest BCUT2D eigenvalue weighted by Crippen LogP contribution is -2.31. The van der Waals surface area contributed by atoms with Crippen LogP contribution in [0.15, 0.2) is 18.2 Å². The van der Waals surface area contributed by atoms with Gasteiger partial charge in [0.15, 0.2) is 0 Å². The summed E-state index contributed by atoms with van der Waals surface area (Å²) < 4.78 is 0. The maximum atomic E-state index is 10.8. The molecule has 2 rings (SSSR count). The molecule has 1 fully saturated rings. The Labute approximate surface area is 102 Å². The van der Waals surface area contributed by atoms with Crippen molar-refractivity contribution in [3.63, 3.8) is 0 Å². The predicted molar refractivity (Wildman–Crippen MR) is 67.0 cm³/mol. The summed E-state index contributed by atoms with van der Waals surface area (Å²) >= 11 is 0. The van der Waals surface area contributed by atoms with Gasteiger partial charge in [-0.15, -0.1) is 0 Å². The van der Waals surface area contributed by atoms with E-state index in [2.05, 4.69) is 36.9 Å². The fourth-order valence-corrected chi connectivity index (χ4v) is 2.06. The van der Waals surface area contributed by atoms with E-state index >= 15 is 0 Å². The van der Waals surface area contributed by atoms with Crippen LogP contribution in [0.4, 0.5) is 0 Å². The molecule has 0 atom stereocenters. The summed E-state index contributed by atoms with van der Waals surface area (Å²) in [7, 11) is 0. The minimum atomic E-state index is -0.735. The fourth-order valence-electron chi connectivity index (χ4n) is 2.06. The summed E-state index contributed by atoms with van der Waals surface area (Å²) in [5, 5.41) is 8.90. The van der Waals surface area contributed by atoms with Gasteiger partial charge < -0.3 is 5.11 Å². The Morgan fingerprint density at radius 1 is 1.35 bits per heavy atom. The topological polar surface area (TPSA) is 40.5 Å². The van der Waals surface area contributed by atoms with Crippen LogP contribution in [0.5, 0.6) is 0 Å². The lowest BCUT2D eigenvalue weighted by molar-refractivity contribution is -0.138. The second kappa shape index (κ2) is 4.88. The zero-order valence-corrected chi connectivity index (χ0v) is 10.4. The van der Waals surface area contributed by atoms with E-state index < -0.39 is 5.97 Å². The molecule has 1 aliphatic rings. The molecule has 1 saturated carbocycles. The van der Waals surface area contributed by atoms with E-state index in [1.165, 1.54) is 16.7 Å². The molecular weight excluding hydrogens is 214 g/mol. The van der Waals surface area contributed by atoms with Crippen LogP contribution in [0, 0.1) is 13.8 Å².